The van der Waals surface area contributed by atoms with Gasteiger partial charge in [0.1, 0.15) is 46.0 Å². The van der Waals surface area contributed by atoms with Crippen molar-refractivity contribution in [3.05, 3.63) is 186 Å². The number of hydrogen-bond acceptors (Lipinski definition) is 8. The molecule has 0 spiro atoms. The Hall–Kier alpha value is -6.12. The lowest BCUT2D eigenvalue weighted by molar-refractivity contribution is 0.381. The molecule has 0 radical (unpaired) electrons. The zero-order chi connectivity index (χ0) is 105. The fourth-order valence-corrected chi connectivity index (χ4v) is 29.7. The number of benzene rings is 8. The van der Waals surface area contributed by atoms with Gasteiger partial charge in [-0.3, -0.25) is 0 Å². The first kappa shape index (κ1) is 118. The number of hydrogen-bond donors (Lipinski definition) is 0. The highest BCUT2D eigenvalue weighted by molar-refractivity contribution is 7.77. The third-order valence-corrected chi connectivity index (χ3v) is 37.2. The minimum atomic E-state index is -0.936. The molecule has 0 N–H and O–H groups in total. The van der Waals surface area contributed by atoms with Crippen LogP contribution in [-0.2, 0) is 86.6 Å². The van der Waals surface area contributed by atoms with E-state index in [9.17, 15) is 0 Å². The molecule has 0 unspecified atom stereocenters. The van der Waals surface area contributed by atoms with E-state index in [0.29, 0.717) is 0 Å². The molecule has 0 aliphatic heterocycles. The molecule has 0 heterocycles. The Bertz CT molecular complexity index is 4580. The lowest BCUT2D eigenvalue weighted by atomic mass is 9.79. The van der Waals surface area contributed by atoms with Gasteiger partial charge in [0.2, 0.25) is 0 Å². The minimum Gasteiger partial charge on any atom is -0.496 e. The smallest absolute Gasteiger partial charge is 0.126 e. The van der Waals surface area contributed by atoms with Crippen LogP contribution in [0.1, 0.15) is 428 Å². The van der Waals surface area contributed by atoms with Crippen molar-refractivity contribution in [2.24, 2.45) is 0 Å². The quantitative estimate of drug-likeness (QED) is 0.0587. The number of ether oxygens (including phenoxy) is 8. The lowest BCUT2D eigenvalue weighted by Gasteiger charge is -2.35. The monoisotopic (exact) mass is 1950 g/mol. The van der Waals surface area contributed by atoms with Crippen molar-refractivity contribution >= 4 is 74.1 Å². The number of methoxy groups -OCH3 is 8. The Morgan fingerprint density at radius 3 is 0.270 bits per heavy atom. The summed E-state index contributed by atoms with van der Waals surface area (Å²) in [5.74, 6) is 8.12. The zero-order valence-electron chi connectivity index (χ0n) is 97.8. The second-order valence-corrected chi connectivity index (χ2v) is 64.9. The van der Waals surface area contributed by atoms with Gasteiger partial charge >= 0.3 is 0 Å². The fraction of sp³-hybridized carbons (Fsp3) is 0.616. The van der Waals surface area contributed by atoms with E-state index < -0.39 is 31.7 Å². The molecule has 0 fully saturated rings. The molecule has 8 nitrogen and oxygen atoms in total. The molecule has 12 heteroatoms. The molecule has 0 amide bonds. The molecule has 762 valence electrons. The summed E-state index contributed by atoms with van der Waals surface area (Å²) >= 11 is 0. The predicted octanol–water partition coefficient (Wildman–Crippen LogP) is 31.7. The maximum atomic E-state index is 6.41. The van der Waals surface area contributed by atoms with Gasteiger partial charge in [-0.25, -0.2) is 0 Å². The van der Waals surface area contributed by atoms with Gasteiger partial charge < -0.3 is 37.9 Å². The third kappa shape index (κ3) is 27.7. The van der Waals surface area contributed by atoms with E-state index in [2.05, 4.69) is 429 Å². The average molecular weight is 1950 g/mol. The summed E-state index contributed by atoms with van der Waals surface area (Å²) in [5.41, 5.74) is 18.1. The van der Waals surface area contributed by atoms with E-state index in [1.54, 1.807) is 0 Å². The molecule has 0 aliphatic carbocycles. The number of rotatable bonds is 23. The highest BCUT2D eigenvalue weighted by Crippen LogP contribution is 2.56. The van der Waals surface area contributed by atoms with Crippen LogP contribution in [0.25, 0.3) is 0 Å². The van der Waals surface area contributed by atoms with Crippen molar-refractivity contribution in [2.45, 2.75) is 425 Å². The standard InChI is InChI=1S/C63H98O4P2.C62H96O4P2/c1-56(2,3)44-32-40(33-45(52(44)64-25)57(4,5)6)68(41-34-46(58(7,8)9)53(65-26)47(35-41)59(10,11)12)30-29-31-69(42-36-48(60(13,14)15)54(66-27)49(37-42)61(16,17)18)43-38-50(62(19,20)21)55(67-28)51(39-43)63(22,23)24;1-55(2,3)43-31-39(32-44(51(43)63-25)56(4,5)6)67(40-33-45(57(7,8)9)52(64-26)46(34-40)58(10,11)12)29-30-68(41-35-47(59(13,14)15)53(65-27)48(36-41)60(16,17)18)42-37-49(61(19,20)21)54(66-28)50(38-42)62(22,23)24/h32-39H,29-31H2,1-28H3;31-38H,29-30H2,1-28H3. The first-order chi connectivity index (χ1) is 61.7. The van der Waals surface area contributed by atoms with Gasteiger partial charge in [-0.2, -0.15) is 0 Å². The van der Waals surface area contributed by atoms with Crippen molar-refractivity contribution in [3.63, 3.8) is 0 Å². The van der Waals surface area contributed by atoms with Crippen LogP contribution in [-0.4, -0.2) is 81.5 Å². The molecule has 8 aromatic rings. The lowest BCUT2D eigenvalue weighted by Crippen LogP contribution is -2.29. The first-order valence-electron chi connectivity index (χ1n) is 50.7. The van der Waals surface area contributed by atoms with Crippen LogP contribution in [0, 0.1) is 0 Å². The van der Waals surface area contributed by atoms with E-state index in [4.69, 9.17) is 37.9 Å². The molecular weight excluding hydrogens is 1750 g/mol. The van der Waals surface area contributed by atoms with Crippen LogP contribution in [0.5, 0.6) is 46.0 Å². The summed E-state index contributed by atoms with van der Waals surface area (Å²) in [6, 6.07) is 40.3. The van der Waals surface area contributed by atoms with Crippen molar-refractivity contribution in [3.8, 4) is 46.0 Å². The topological polar surface area (TPSA) is 73.8 Å². The van der Waals surface area contributed by atoms with Crippen LogP contribution in [0.3, 0.4) is 0 Å². The Kier molecular flexibility index (Phi) is 36.0. The summed E-state index contributed by atoms with van der Waals surface area (Å²) < 4.78 is 51.2. The van der Waals surface area contributed by atoms with E-state index in [1.165, 1.54) is 131 Å². The van der Waals surface area contributed by atoms with E-state index in [1.807, 2.05) is 56.9 Å². The van der Waals surface area contributed by atoms with Gasteiger partial charge in [0.25, 0.3) is 0 Å². The second kappa shape index (κ2) is 41.9. The Labute approximate surface area is 845 Å². The van der Waals surface area contributed by atoms with Gasteiger partial charge in [0.05, 0.1) is 56.9 Å². The van der Waals surface area contributed by atoms with Crippen LogP contribution in [0.15, 0.2) is 97.1 Å². The highest BCUT2D eigenvalue weighted by atomic mass is 31.1. The van der Waals surface area contributed by atoms with Crippen molar-refractivity contribution in [2.75, 3.05) is 81.5 Å². The third-order valence-electron chi connectivity index (χ3n) is 27.0. The zero-order valence-corrected chi connectivity index (χ0v) is 101. The molecule has 0 bridgehead atoms. The minimum absolute atomic E-state index is 0.127. The van der Waals surface area contributed by atoms with Gasteiger partial charge in [-0.05, 0) is 289 Å². The average Bonchev–Trinajstić information content (AvgIpc) is 0.750. The highest BCUT2D eigenvalue weighted by Gasteiger charge is 2.42. The van der Waals surface area contributed by atoms with Gasteiger partial charge in [-0.1, -0.05) is 332 Å². The maximum absolute atomic E-state index is 6.41. The van der Waals surface area contributed by atoms with E-state index in [-0.39, 0.29) is 86.6 Å². The molecule has 8 rings (SSSR count). The summed E-state index contributed by atoms with van der Waals surface area (Å²) in [6.07, 6.45) is 5.10. The largest absolute Gasteiger partial charge is 0.496 e. The van der Waals surface area contributed by atoms with Gasteiger partial charge in [0.15, 0.2) is 0 Å². The Balaban J connectivity index is 0.000000373. The summed E-state index contributed by atoms with van der Waals surface area (Å²) in [5, 5.41) is 11.3. The molecule has 0 atom stereocenters. The van der Waals surface area contributed by atoms with Crippen LogP contribution < -0.4 is 80.3 Å². The normalized spacial score (nSPS) is 13.7. The summed E-state index contributed by atoms with van der Waals surface area (Å²) in [7, 11) is 11.2. The Morgan fingerprint density at radius 2 is 0.204 bits per heavy atom. The van der Waals surface area contributed by atoms with Crippen LogP contribution in [0.2, 0.25) is 0 Å². The maximum Gasteiger partial charge on any atom is 0.126 e. The second-order valence-electron chi connectivity index (χ2n) is 55.6. The van der Waals surface area contributed by atoms with Crippen molar-refractivity contribution in [1.82, 2.24) is 0 Å². The molecule has 137 heavy (non-hydrogen) atoms. The van der Waals surface area contributed by atoms with Gasteiger partial charge in [0, 0.05) is 89.0 Å². The molecule has 8 aromatic carbocycles. The first-order valence-corrected chi connectivity index (χ1v) is 56.8. The summed E-state index contributed by atoms with van der Waals surface area (Å²) in [6.45, 7) is 112. The van der Waals surface area contributed by atoms with Crippen LogP contribution in [0.4, 0.5) is 0 Å². The van der Waals surface area contributed by atoms with E-state index >= 15 is 0 Å². The molecule has 0 saturated heterocycles. The predicted molar refractivity (Wildman–Crippen MR) is 612 cm³/mol. The van der Waals surface area contributed by atoms with Crippen molar-refractivity contribution in [1.29, 1.82) is 0 Å². The SMILES string of the molecule is COc1c(C(C)(C)C)cc(P(CCCP(c2cc(C(C)(C)C)c(OC)c(C(C)(C)C)c2)c2cc(C(C)(C)C)c(OC)c(C(C)(C)C)c2)c2cc(C(C)(C)C)c(OC)c(C(C)(C)C)c2)cc1C(C)(C)C.COc1c(C(C)(C)C)cc(P(CCP(c2cc(C(C)(C)C)c(OC)c(C(C)(C)C)c2)c2cc(C(C)(C)C)c(OC)c(C(C)(C)C)c2)c2cc(C(C)(C)C)c(OC)c(C(C)(C)C)c2)cc1C(C)(C)C. The molecule has 0 aliphatic rings. The van der Waals surface area contributed by atoms with E-state index in [0.717, 1.165) is 77.1 Å². The summed E-state index contributed by atoms with van der Waals surface area (Å²) in [4.78, 5) is 0. The molecule has 0 aromatic heterocycles. The molecular formula is C125H194O8P4. The van der Waals surface area contributed by atoms with Gasteiger partial charge in [-0.15, -0.1) is 0 Å². The van der Waals surface area contributed by atoms with Crippen LogP contribution >= 0.6 is 31.7 Å². The fourth-order valence-electron chi connectivity index (χ4n) is 19.0. The van der Waals surface area contributed by atoms with Crippen molar-refractivity contribution < 1.29 is 37.9 Å². The molecule has 0 saturated carbocycles. The Morgan fingerprint density at radius 1 is 0.131 bits per heavy atom.